The highest BCUT2D eigenvalue weighted by Crippen LogP contribution is 2.11. The quantitative estimate of drug-likeness (QED) is 0.884. The minimum absolute atomic E-state index is 0.0178. The number of likely N-dealkylation sites (N-methyl/N-ethyl adjacent to an activating group) is 1. The summed E-state index contributed by atoms with van der Waals surface area (Å²) in [7, 11) is 1.89. The van der Waals surface area contributed by atoms with Gasteiger partial charge in [0.25, 0.3) is 0 Å². The first-order valence-corrected chi connectivity index (χ1v) is 7.33. The number of thiophene rings is 1. The summed E-state index contributed by atoms with van der Waals surface area (Å²) in [4.78, 5) is 16.4. The Balaban J connectivity index is 1.88. The fourth-order valence-corrected chi connectivity index (χ4v) is 2.94. The molecule has 100 valence electrons. The zero-order chi connectivity index (χ0) is 13.0. The fourth-order valence-electron chi connectivity index (χ4n) is 2.28. The Morgan fingerprint density at radius 2 is 2.28 bits per heavy atom. The number of hydrogen-bond donors (Lipinski definition) is 1. The molecule has 0 aliphatic carbocycles. The maximum absolute atomic E-state index is 12.3. The predicted octanol–water partition coefficient (Wildman–Crippen LogP) is 1.00. The van der Waals surface area contributed by atoms with Crippen LogP contribution in [0.1, 0.15) is 12.5 Å². The van der Waals surface area contributed by atoms with Crippen LogP contribution >= 0.6 is 11.3 Å². The van der Waals surface area contributed by atoms with Crippen molar-refractivity contribution in [2.24, 2.45) is 0 Å². The molecule has 1 fully saturated rings. The van der Waals surface area contributed by atoms with Crippen molar-refractivity contribution in [3.63, 3.8) is 0 Å². The topological polar surface area (TPSA) is 35.6 Å². The zero-order valence-corrected chi connectivity index (χ0v) is 11.9. The average Bonchev–Trinajstić information content (AvgIpc) is 2.91. The lowest BCUT2D eigenvalue weighted by molar-refractivity contribution is -0.135. The highest BCUT2D eigenvalue weighted by Gasteiger charge is 2.25. The molecule has 1 aromatic heterocycles. The number of rotatable bonds is 4. The second-order valence-electron chi connectivity index (χ2n) is 4.79. The van der Waals surface area contributed by atoms with Crippen LogP contribution in [0.15, 0.2) is 16.8 Å². The number of nitrogens with one attached hydrogen (secondary N) is 1. The maximum atomic E-state index is 12.3. The first-order valence-electron chi connectivity index (χ1n) is 6.39. The molecule has 1 amide bonds. The van der Waals surface area contributed by atoms with Crippen molar-refractivity contribution in [2.45, 2.75) is 19.5 Å². The van der Waals surface area contributed by atoms with Gasteiger partial charge < -0.3 is 10.2 Å². The Morgan fingerprint density at radius 1 is 1.56 bits per heavy atom. The molecule has 1 aliphatic heterocycles. The second kappa shape index (κ2) is 6.31. The van der Waals surface area contributed by atoms with Crippen molar-refractivity contribution < 1.29 is 4.79 Å². The van der Waals surface area contributed by atoms with Gasteiger partial charge in [-0.15, -0.1) is 0 Å². The van der Waals surface area contributed by atoms with Crippen LogP contribution in [0.3, 0.4) is 0 Å². The van der Waals surface area contributed by atoms with E-state index in [-0.39, 0.29) is 11.9 Å². The van der Waals surface area contributed by atoms with Crippen LogP contribution < -0.4 is 5.32 Å². The maximum Gasteiger partial charge on any atom is 0.239 e. The van der Waals surface area contributed by atoms with Crippen LogP contribution in [0.4, 0.5) is 0 Å². The summed E-state index contributed by atoms with van der Waals surface area (Å²) in [6.45, 7) is 6.59. The van der Waals surface area contributed by atoms with Gasteiger partial charge >= 0.3 is 0 Å². The van der Waals surface area contributed by atoms with Gasteiger partial charge in [-0.25, -0.2) is 0 Å². The van der Waals surface area contributed by atoms with Gasteiger partial charge in [-0.2, -0.15) is 11.3 Å². The van der Waals surface area contributed by atoms with Gasteiger partial charge in [-0.1, -0.05) is 0 Å². The molecular weight excluding hydrogens is 246 g/mol. The molecule has 1 N–H and O–H groups in total. The van der Waals surface area contributed by atoms with Crippen LogP contribution in [0.5, 0.6) is 0 Å². The summed E-state index contributed by atoms with van der Waals surface area (Å²) < 4.78 is 0. The van der Waals surface area contributed by atoms with Crippen LogP contribution in [-0.4, -0.2) is 55.0 Å². The van der Waals surface area contributed by atoms with Crippen molar-refractivity contribution in [1.29, 1.82) is 0 Å². The van der Waals surface area contributed by atoms with E-state index in [4.69, 9.17) is 0 Å². The van der Waals surface area contributed by atoms with Gasteiger partial charge in [0.1, 0.15) is 0 Å². The molecule has 18 heavy (non-hydrogen) atoms. The molecule has 5 heteroatoms. The van der Waals surface area contributed by atoms with Gasteiger partial charge in [0.15, 0.2) is 0 Å². The standard InChI is InChI=1S/C13H21N3OS/c1-11(16-6-4-14-5-7-16)13(17)15(2)9-12-3-8-18-10-12/h3,8,10-11,14H,4-7,9H2,1-2H3. The zero-order valence-electron chi connectivity index (χ0n) is 11.1. The van der Waals surface area contributed by atoms with Crippen molar-refractivity contribution in [3.05, 3.63) is 22.4 Å². The first kappa shape index (κ1) is 13.5. The second-order valence-corrected chi connectivity index (χ2v) is 5.57. The molecule has 1 aliphatic rings. The number of nitrogens with zero attached hydrogens (tertiary/aromatic N) is 2. The SMILES string of the molecule is CC(C(=O)N(C)Cc1ccsc1)N1CCNCC1. The number of amides is 1. The number of carbonyl (C=O) groups is 1. The lowest BCUT2D eigenvalue weighted by Gasteiger charge is -2.34. The average molecular weight is 267 g/mol. The van der Waals surface area contributed by atoms with Crippen molar-refractivity contribution in [2.75, 3.05) is 33.2 Å². The molecule has 1 aromatic rings. The monoisotopic (exact) mass is 267 g/mol. The van der Waals surface area contributed by atoms with E-state index in [1.54, 1.807) is 11.3 Å². The third-order valence-corrected chi connectivity index (χ3v) is 4.16. The normalized spacial score (nSPS) is 18.6. The van der Waals surface area contributed by atoms with Crippen molar-refractivity contribution in [1.82, 2.24) is 15.1 Å². The molecular formula is C13H21N3OS. The molecule has 0 aromatic carbocycles. The smallest absolute Gasteiger partial charge is 0.239 e. The lowest BCUT2D eigenvalue weighted by atomic mass is 10.2. The van der Waals surface area contributed by atoms with E-state index in [0.717, 1.165) is 26.2 Å². The predicted molar refractivity (Wildman–Crippen MR) is 74.7 cm³/mol. The summed E-state index contributed by atoms with van der Waals surface area (Å²) in [5.74, 6) is 0.211. The van der Waals surface area contributed by atoms with Crippen LogP contribution in [-0.2, 0) is 11.3 Å². The summed E-state index contributed by atoms with van der Waals surface area (Å²) in [5.41, 5.74) is 1.21. The minimum atomic E-state index is -0.0178. The summed E-state index contributed by atoms with van der Waals surface area (Å²) >= 11 is 1.67. The van der Waals surface area contributed by atoms with Gasteiger partial charge in [-0.3, -0.25) is 9.69 Å². The van der Waals surface area contributed by atoms with E-state index in [1.807, 2.05) is 24.3 Å². The van der Waals surface area contributed by atoms with Crippen molar-refractivity contribution in [3.8, 4) is 0 Å². The first-order chi connectivity index (χ1) is 8.68. The Bertz CT molecular complexity index is 374. The molecule has 1 saturated heterocycles. The molecule has 1 atom stereocenters. The lowest BCUT2D eigenvalue weighted by Crippen LogP contribution is -2.52. The largest absolute Gasteiger partial charge is 0.340 e. The van der Waals surface area contributed by atoms with Gasteiger partial charge in [0.2, 0.25) is 5.91 Å². The van der Waals surface area contributed by atoms with E-state index >= 15 is 0 Å². The summed E-state index contributed by atoms with van der Waals surface area (Å²) in [5, 5.41) is 7.45. The van der Waals surface area contributed by atoms with Crippen LogP contribution in [0.2, 0.25) is 0 Å². The Labute approximate surface area is 113 Å². The molecule has 0 radical (unpaired) electrons. The highest BCUT2D eigenvalue weighted by molar-refractivity contribution is 7.07. The summed E-state index contributed by atoms with van der Waals surface area (Å²) in [6, 6.07) is 2.06. The van der Waals surface area contributed by atoms with Gasteiger partial charge in [0, 0.05) is 39.8 Å². The van der Waals surface area contributed by atoms with E-state index in [1.165, 1.54) is 5.56 Å². The fraction of sp³-hybridized carbons (Fsp3) is 0.615. The van der Waals surface area contributed by atoms with E-state index in [2.05, 4.69) is 21.7 Å². The van der Waals surface area contributed by atoms with E-state index in [9.17, 15) is 4.79 Å². The number of piperazine rings is 1. The molecule has 2 heterocycles. The Kier molecular flexibility index (Phi) is 4.74. The van der Waals surface area contributed by atoms with E-state index < -0.39 is 0 Å². The third kappa shape index (κ3) is 3.31. The molecule has 1 unspecified atom stereocenters. The van der Waals surface area contributed by atoms with E-state index in [0.29, 0.717) is 6.54 Å². The van der Waals surface area contributed by atoms with Gasteiger partial charge in [0.05, 0.1) is 6.04 Å². The Morgan fingerprint density at radius 3 is 2.89 bits per heavy atom. The van der Waals surface area contributed by atoms with Crippen molar-refractivity contribution >= 4 is 17.2 Å². The molecule has 0 bridgehead atoms. The Hall–Kier alpha value is -0.910. The molecule has 0 spiro atoms. The number of hydrogen-bond acceptors (Lipinski definition) is 4. The highest BCUT2D eigenvalue weighted by atomic mass is 32.1. The molecule has 0 saturated carbocycles. The van der Waals surface area contributed by atoms with Gasteiger partial charge in [-0.05, 0) is 29.3 Å². The minimum Gasteiger partial charge on any atom is -0.340 e. The summed E-state index contributed by atoms with van der Waals surface area (Å²) in [6.07, 6.45) is 0. The van der Waals surface area contributed by atoms with Crippen LogP contribution in [0.25, 0.3) is 0 Å². The molecule has 2 rings (SSSR count). The third-order valence-electron chi connectivity index (χ3n) is 3.43. The molecule has 4 nitrogen and oxygen atoms in total. The number of carbonyl (C=O) groups excluding carboxylic acids is 1. The van der Waals surface area contributed by atoms with Crippen LogP contribution in [0, 0.1) is 0 Å².